The molecule has 3 nitrogen and oxygen atoms in total. The third kappa shape index (κ3) is 4.67. The van der Waals surface area contributed by atoms with E-state index >= 15 is 0 Å². The molecular weight excluding hydrogens is 276 g/mol. The second kappa shape index (κ2) is 7.29. The summed E-state index contributed by atoms with van der Waals surface area (Å²) < 4.78 is 0. The molecule has 0 saturated heterocycles. The minimum absolute atomic E-state index is 0.116. The molecule has 19 heavy (non-hydrogen) atoms. The zero-order chi connectivity index (χ0) is 13.5. The van der Waals surface area contributed by atoms with E-state index in [0.717, 1.165) is 22.2 Å². The van der Waals surface area contributed by atoms with Crippen molar-refractivity contribution in [3.63, 3.8) is 0 Å². The molecule has 1 N–H and O–H groups in total. The normalized spacial score (nSPS) is 10.0. The fourth-order valence-corrected chi connectivity index (χ4v) is 3.12. The lowest BCUT2D eigenvalue weighted by Crippen LogP contribution is -1.88. The Hall–Kier alpha value is -1.35. The number of thiophene rings is 1. The van der Waals surface area contributed by atoms with Gasteiger partial charge >= 0.3 is 0 Å². The summed E-state index contributed by atoms with van der Waals surface area (Å²) in [6.07, 6.45) is 2.31. The molecule has 0 radical (unpaired) electrons. The van der Waals surface area contributed by atoms with Crippen molar-refractivity contribution in [2.24, 2.45) is 0 Å². The van der Waals surface area contributed by atoms with E-state index in [-0.39, 0.29) is 6.61 Å². The van der Waals surface area contributed by atoms with Crippen molar-refractivity contribution in [1.29, 1.82) is 0 Å². The van der Waals surface area contributed by atoms with Gasteiger partial charge in [-0.3, -0.25) is 0 Å². The molecule has 0 aromatic carbocycles. The Kier molecular flexibility index (Phi) is 5.40. The minimum atomic E-state index is 0.116. The van der Waals surface area contributed by atoms with E-state index < -0.39 is 0 Å². The average Bonchev–Trinajstić information content (AvgIpc) is 2.85. The Balaban J connectivity index is 1.92. The topological polar surface area (TPSA) is 46.0 Å². The van der Waals surface area contributed by atoms with Crippen LogP contribution >= 0.6 is 23.1 Å². The van der Waals surface area contributed by atoms with Gasteiger partial charge in [0.25, 0.3) is 0 Å². The van der Waals surface area contributed by atoms with Gasteiger partial charge in [-0.1, -0.05) is 23.6 Å². The first-order valence-electron chi connectivity index (χ1n) is 5.87. The monoisotopic (exact) mass is 290 g/mol. The predicted octanol–water partition coefficient (Wildman–Crippen LogP) is 2.87. The highest BCUT2D eigenvalue weighted by atomic mass is 32.2. The van der Waals surface area contributed by atoms with Crippen molar-refractivity contribution in [3.8, 4) is 11.8 Å². The molecule has 98 valence electrons. The van der Waals surface area contributed by atoms with Crippen LogP contribution in [-0.2, 0) is 5.75 Å². The van der Waals surface area contributed by atoms with E-state index in [4.69, 9.17) is 5.11 Å². The van der Waals surface area contributed by atoms with Crippen LogP contribution in [0.15, 0.2) is 28.9 Å². The Labute approximate surface area is 121 Å². The third-order valence-corrected chi connectivity index (χ3v) is 4.27. The van der Waals surface area contributed by atoms with Crippen LogP contribution in [0.3, 0.4) is 0 Å². The van der Waals surface area contributed by atoms with Crippen molar-refractivity contribution >= 4 is 23.1 Å². The molecule has 0 aliphatic heterocycles. The van der Waals surface area contributed by atoms with Crippen molar-refractivity contribution in [2.45, 2.75) is 24.3 Å². The molecule has 0 bridgehead atoms. The minimum Gasteiger partial charge on any atom is -0.395 e. The summed E-state index contributed by atoms with van der Waals surface area (Å²) in [5, 5.41) is 11.5. The summed E-state index contributed by atoms with van der Waals surface area (Å²) in [7, 11) is 0. The number of aliphatic hydroxyl groups excluding tert-OH is 1. The standard InChI is InChI=1S/C14H14N2OS2/c1-11-5-6-15-14(16-11)19-10-13-8-12(9-18-13)4-2-3-7-17/h5-6,8-9,17H,3,7,10H2,1H3. The van der Waals surface area contributed by atoms with Gasteiger partial charge in [0.05, 0.1) is 6.61 Å². The molecule has 0 spiro atoms. The van der Waals surface area contributed by atoms with Gasteiger partial charge in [-0.15, -0.1) is 11.3 Å². The van der Waals surface area contributed by atoms with Gasteiger partial charge < -0.3 is 5.11 Å². The average molecular weight is 290 g/mol. The van der Waals surface area contributed by atoms with Gasteiger partial charge in [0, 0.05) is 39.9 Å². The van der Waals surface area contributed by atoms with Gasteiger partial charge in [-0.2, -0.15) is 0 Å². The molecule has 2 heterocycles. The molecule has 0 amide bonds. The van der Waals surface area contributed by atoms with E-state index in [0.29, 0.717) is 6.42 Å². The maximum atomic E-state index is 8.67. The van der Waals surface area contributed by atoms with Gasteiger partial charge in [0.1, 0.15) is 0 Å². The van der Waals surface area contributed by atoms with Crippen molar-refractivity contribution in [1.82, 2.24) is 9.97 Å². The molecule has 0 aliphatic rings. The number of aromatic nitrogens is 2. The molecule has 5 heteroatoms. The SMILES string of the molecule is Cc1ccnc(SCc2cc(C#CCCO)cs2)n1. The summed E-state index contributed by atoms with van der Waals surface area (Å²) in [5.74, 6) is 6.81. The summed E-state index contributed by atoms with van der Waals surface area (Å²) in [6.45, 7) is 2.08. The van der Waals surface area contributed by atoms with E-state index in [1.807, 2.05) is 18.4 Å². The van der Waals surface area contributed by atoms with Crippen LogP contribution in [0, 0.1) is 18.8 Å². The van der Waals surface area contributed by atoms with Crippen LogP contribution < -0.4 is 0 Å². The van der Waals surface area contributed by atoms with E-state index in [1.165, 1.54) is 4.88 Å². The number of aryl methyl sites for hydroxylation is 1. The van der Waals surface area contributed by atoms with Crippen molar-refractivity contribution in [2.75, 3.05) is 6.61 Å². The molecule has 0 aliphatic carbocycles. The highest BCUT2D eigenvalue weighted by Crippen LogP contribution is 2.23. The van der Waals surface area contributed by atoms with Gasteiger partial charge in [0.15, 0.2) is 5.16 Å². The third-order valence-electron chi connectivity index (χ3n) is 2.24. The Bertz CT molecular complexity index is 599. The summed E-state index contributed by atoms with van der Waals surface area (Å²) >= 11 is 3.32. The van der Waals surface area contributed by atoms with Crippen LogP contribution in [0.4, 0.5) is 0 Å². The fourth-order valence-electron chi connectivity index (χ4n) is 1.37. The number of rotatable bonds is 4. The van der Waals surface area contributed by atoms with Crippen LogP contribution in [0.25, 0.3) is 0 Å². The highest BCUT2D eigenvalue weighted by molar-refractivity contribution is 7.98. The summed E-state index contributed by atoms with van der Waals surface area (Å²) in [5.41, 5.74) is 2.00. The summed E-state index contributed by atoms with van der Waals surface area (Å²) in [4.78, 5) is 9.83. The number of nitrogens with zero attached hydrogens (tertiary/aromatic N) is 2. The first kappa shape index (κ1) is 14.1. The van der Waals surface area contributed by atoms with Crippen LogP contribution in [0.1, 0.15) is 22.6 Å². The maximum absolute atomic E-state index is 8.67. The Morgan fingerprint density at radius 1 is 1.47 bits per heavy atom. The first-order valence-corrected chi connectivity index (χ1v) is 7.74. The molecule has 0 unspecified atom stereocenters. The number of thioether (sulfide) groups is 1. The lowest BCUT2D eigenvalue weighted by Gasteiger charge is -1.98. The fraction of sp³-hybridized carbons (Fsp3) is 0.286. The number of hydrogen-bond acceptors (Lipinski definition) is 5. The Morgan fingerprint density at radius 2 is 2.37 bits per heavy atom. The maximum Gasteiger partial charge on any atom is 0.188 e. The molecule has 0 fully saturated rings. The zero-order valence-corrected chi connectivity index (χ0v) is 12.2. The molecule has 2 aromatic rings. The van der Waals surface area contributed by atoms with Crippen LogP contribution in [-0.4, -0.2) is 21.7 Å². The predicted molar refractivity (Wildman–Crippen MR) is 79.2 cm³/mol. The molecule has 0 saturated carbocycles. The smallest absolute Gasteiger partial charge is 0.188 e. The molecule has 2 aromatic heterocycles. The number of aliphatic hydroxyl groups is 1. The first-order chi connectivity index (χ1) is 9.28. The second-order valence-electron chi connectivity index (χ2n) is 3.85. The van der Waals surface area contributed by atoms with Crippen LogP contribution in [0.2, 0.25) is 0 Å². The Morgan fingerprint density at radius 3 is 3.16 bits per heavy atom. The van der Waals surface area contributed by atoms with E-state index in [2.05, 4.69) is 27.9 Å². The van der Waals surface area contributed by atoms with Gasteiger partial charge in [-0.05, 0) is 19.1 Å². The number of hydrogen-bond donors (Lipinski definition) is 1. The van der Waals surface area contributed by atoms with E-state index in [1.54, 1.807) is 29.3 Å². The summed E-state index contributed by atoms with van der Waals surface area (Å²) in [6, 6.07) is 3.97. The van der Waals surface area contributed by atoms with Gasteiger partial charge in [-0.25, -0.2) is 9.97 Å². The molecular formula is C14H14N2OS2. The quantitative estimate of drug-likeness (QED) is 0.534. The molecule has 0 atom stereocenters. The van der Waals surface area contributed by atoms with Crippen LogP contribution in [0.5, 0.6) is 0 Å². The van der Waals surface area contributed by atoms with Crippen molar-refractivity contribution in [3.05, 3.63) is 39.8 Å². The lowest BCUT2D eigenvalue weighted by atomic mass is 10.3. The largest absolute Gasteiger partial charge is 0.395 e. The molecule has 2 rings (SSSR count). The lowest BCUT2D eigenvalue weighted by molar-refractivity contribution is 0.305. The van der Waals surface area contributed by atoms with Crippen molar-refractivity contribution < 1.29 is 5.11 Å². The zero-order valence-electron chi connectivity index (χ0n) is 10.6. The second-order valence-corrected chi connectivity index (χ2v) is 5.78. The highest BCUT2D eigenvalue weighted by Gasteiger charge is 2.02. The van der Waals surface area contributed by atoms with E-state index in [9.17, 15) is 0 Å². The van der Waals surface area contributed by atoms with Gasteiger partial charge in [0.2, 0.25) is 0 Å².